The third kappa shape index (κ3) is 2.51. The fraction of sp³-hybridized carbons (Fsp3) is 0.833. The second-order valence-corrected chi connectivity index (χ2v) is 7.67. The first-order valence-corrected chi connectivity index (χ1v) is 9.08. The SMILES string of the molecule is O=C1C2(CCCCC2)[C@@]1(O)[C@@H](O)[C@H](O)[C@H](O)C(O)=C1CCCCC1. The van der Waals surface area contributed by atoms with Gasteiger partial charge >= 0.3 is 0 Å². The molecule has 0 saturated heterocycles. The summed E-state index contributed by atoms with van der Waals surface area (Å²) in [6.07, 6.45) is 2.48. The first-order chi connectivity index (χ1) is 11.4. The van der Waals surface area contributed by atoms with Crippen LogP contribution >= 0.6 is 0 Å². The van der Waals surface area contributed by atoms with Gasteiger partial charge in [-0.25, -0.2) is 0 Å². The predicted molar refractivity (Wildman–Crippen MR) is 86.2 cm³/mol. The van der Waals surface area contributed by atoms with Crippen LogP contribution in [0, 0.1) is 5.41 Å². The third-order valence-electron chi connectivity index (χ3n) is 6.33. The summed E-state index contributed by atoms with van der Waals surface area (Å²) in [6.45, 7) is 0. The van der Waals surface area contributed by atoms with Gasteiger partial charge in [-0.2, -0.15) is 0 Å². The van der Waals surface area contributed by atoms with Gasteiger partial charge in [0.15, 0.2) is 11.4 Å². The lowest BCUT2D eigenvalue weighted by Crippen LogP contribution is -2.49. The molecule has 3 aliphatic rings. The van der Waals surface area contributed by atoms with Crippen molar-refractivity contribution in [3.05, 3.63) is 11.3 Å². The van der Waals surface area contributed by atoms with E-state index < -0.39 is 35.1 Å². The molecule has 0 radical (unpaired) electrons. The van der Waals surface area contributed by atoms with Gasteiger partial charge in [0.2, 0.25) is 0 Å². The van der Waals surface area contributed by atoms with Crippen LogP contribution in [0.3, 0.4) is 0 Å². The van der Waals surface area contributed by atoms with Crippen LogP contribution in [0.1, 0.15) is 64.2 Å². The van der Waals surface area contributed by atoms with Gasteiger partial charge in [-0.15, -0.1) is 0 Å². The zero-order chi connectivity index (χ0) is 17.5. The Balaban J connectivity index is 1.74. The van der Waals surface area contributed by atoms with Gasteiger partial charge in [0, 0.05) is 0 Å². The van der Waals surface area contributed by atoms with Gasteiger partial charge in [0.1, 0.15) is 24.1 Å². The number of rotatable bonds is 4. The van der Waals surface area contributed by atoms with Crippen molar-refractivity contribution in [3.63, 3.8) is 0 Å². The average molecular weight is 340 g/mol. The van der Waals surface area contributed by atoms with Crippen LogP contribution < -0.4 is 0 Å². The van der Waals surface area contributed by atoms with E-state index in [9.17, 15) is 30.3 Å². The molecule has 0 unspecified atom stereocenters. The van der Waals surface area contributed by atoms with Crippen LogP contribution in [0.2, 0.25) is 0 Å². The maximum absolute atomic E-state index is 12.3. The summed E-state index contributed by atoms with van der Waals surface area (Å²) in [6, 6.07) is 0. The lowest BCUT2D eigenvalue weighted by atomic mass is 9.80. The first-order valence-electron chi connectivity index (χ1n) is 9.08. The Morgan fingerprint density at radius 3 is 2.04 bits per heavy atom. The summed E-state index contributed by atoms with van der Waals surface area (Å²) in [5.74, 6) is -0.770. The van der Waals surface area contributed by atoms with Gasteiger partial charge in [0.05, 0.1) is 5.41 Å². The molecule has 5 N–H and O–H groups in total. The van der Waals surface area contributed by atoms with Crippen LogP contribution in [0.5, 0.6) is 0 Å². The molecule has 3 rings (SSSR count). The van der Waals surface area contributed by atoms with Crippen LogP contribution in [0.4, 0.5) is 0 Å². The Kier molecular flexibility index (Phi) is 4.77. The van der Waals surface area contributed by atoms with Gasteiger partial charge < -0.3 is 25.5 Å². The van der Waals surface area contributed by atoms with E-state index in [1.54, 1.807) is 0 Å². The topological polar surface area (TPSA) is 118 Å². The number of ketones is 1. The van der Waals surface area contributed by atoms with E-state index in [0.717, 1.165) is 38.5 Å². The van der Waals surface area contributed by atoms with Crippen molar-refractivity contribution in [2.45, 2.75) is 88.1 Å². The summed E-state index contributed by atoms with van der Waals surface area (Å²) < 4.78 is 0. The lowest BCUT2D eigenvalue weighted by Gasteiger charge is -2.31. The van der Waals surface area contributed by atoms with E-state index in [1.165, 1.54) is 0 Å². The van der Waals surface area contributed by atoms with Crippen molar-refractivity contribution >= 4 is 5.78 Å². The monoisotopic (exact) mass is 340 g/mol. The molecule has 3 saturated carbocycles. The van der Waals surface area contributed by atoms with Crippen LogP contribution in [-0.2, 0) is 4.79 Å². The van der Waals surface area contributed by atoms with Crippen molar-refractivity contribution < 1.29 is 30.3 Å². The minimum absolute atomic E-state index is 0.323. The molecular weight excluding hydrogens is 312 g/mol. The summed E-state index contributed by atoms with van der Waals surface area (Å²) in [4.78, 5) is 12.3. The fourth-order valence-corrected chi connectivity index (χ4v) is 4.69. The van der Waals surface area contributed by atoms with E-state index >= 15 is 0 Å². The number of allylic oxidation sites excluding steroid dienone is 1. The van der Waals surface area contributed by atoms with Crippen molar-refractivity contribution in [3.8, 4) is 0 Å². The third-order valence-corrected chi connectivity index (χ3v) is 6.33. The Bertz CT molecular complexity index is 528. The van der Waals surface area contributed by atoms with Gasteiger partial charge in [-0.05, 0) is 44.1 Å². The Morgan fingerprint density at radius 2 is 1.46 bits per heavy atom. The molecule has 6 nitrogen and oxygen atoms in total. The van der Waals surface area contributed by atoms with Crippen molar-refractivity contribution in [2.24, 2.45) is 5.41 Å². The molecule has 0 aliphatic heterocycles. The largest absolute Gasteiger partial charge is 0.509 e. The highest BCUT2D eigenvalue weighted by atomic mass is 16.4. The summed E-state index contributed by atoms with van der Waals surface area (Å²) in [5, 5.41) is 51.8. The fourth-order valence-electron chi connectivity index (χ4n) is 4.69. The van der Waals surface area contributed by atoms with E-state index in [-0.39, 0.29) is 5.76 Å². The Labute approximate surface area is 141 Å². The maximum Gasteiger partial charge on any atom is 0.177 e. The van der Waals surface area contributed by atoms with Crippen LogP contribution in [-0.4, -0.2) is 55.2 Å². The minimum atomic E-state index is -2.01. The quantitative estimate of drug-likeness (QED) is 0.489. The van der Waals surface area contributed by atoms with Gasteiger partial charge in [-0.3, -0.25) is 4.79 Å². The molecule has 1 spiro atoms. The molecule has 0 bridgehead atoms. The minimum Gasteiger partial charge on any atom is -0.509 e. The van der Waals surface area contributed by atoms with E-state index in [2.05, 4.69) is 0 Å². The second-order valence-electron chi connectivity index (χ2n) is 7.67. The molecule has 3 aliphatic carbocycles. The highest BCUT2D eigenvalue weighted by Crippen LogP contribution is 2.62. The number of carbonyl (C=O) groups excluding carboxylic acids is 1. The number of hydrogen-bond donors (Lipinski definition) is 5. The lowest BCUT2D eigenvalue weighted by molar-refractivity contribution is -0.139. The van der Waals surface area contributed by atoms with Gasteiger partial charge in [-0.1, -0.05) is 25.7 Å². The number of hydrogen-bond acceptors (Lipinski definition) is 6. The standard InChI is InChI=1S/C18H28O6/c19-12(11-7-3-1-4-8-11)13(20)14(21)15(22)18(24)16(23)17(18)9-5-2-6-10-17/h13-15,19-22,24H,1-10H2/t13-,14-,15+,18-/m1/s1. The highest BCUT2D eigenvalue weighted by molar-refractivity contribution is 6.12. The molecule has 0 aromatic rings. The Morgan fingerprint density at radius 1 is 0.917 bits per heavy atom. The first kappa shape index (κ1) is 17.9. The molecule has 0 aromatic carbocycles. The molecule has 6 heteroatoms. The van der Waals surface area contributed by atoms with Gasteiger partial charge in [0.25, 0.3) is 0 Å². The molecule has 24 heavy (non-hydrogen) atoms. The molecular formula is C18H28O6. The highest BCUT2D eigenvalue weighted by Gasteiger charge is 2.80. The van der Waals surface area contributed by atoms with Crippen molar-refractivity contribution in [2.75, 3.05) is 0 Å². The summed E-state index contributed by atoms with van der Waals surface area (Å²) >= 11 is 0. The van der Waals surface area contributed by atoms with Crippen molar-refractivity contribution in [1.29, 1.82) is 0 Å². The van der Waals surface area contributed by atoms with Crippen LogP contribution in [0.25, 0.3) is 0 Å². The number of Topliss-reactive ketones (excluding diaryl/α,β-unsaturated/α-hetero) is 1. The number of aliphatic hydroxyl groups is 5. The normalized spacial score (nSPS) is 33.2. The summed E-state index contributed by atoms with van der Waals surface area (Å²) in [5.41, 5.74) is -2.31. The molecule has 0 heterocycles. The zero-order valence-electron chi connectivity index (χ0n) is 13.9. The number of aliphatic hydroxyl groups excluding tert-OH is 4. The smallest absolute Gasteiger partial charge is 0.177 e. The second kappa shape index (κ2) is 6.41. The Hall–Kier alpha value is -0.950. The zero-order valence-corrected chi connectivity index (χ0v) is 13.9. The molecule has 4 atom stereocenters. The van der Waals surface area contributed by atoms with E-state index in [4.69, 9.17) is 0 Å². The van der Waals surface area contributed by atoms with Crippen LogP contribution in [0.15, 0.2) is 11.3 Å². The molecule has 3 fully saturated rings. The average Bonchev–Trinajstić information content (AvgIpc) is 3.08. The summed E-state index contributed by atoms with van der Waals surface area (Å²) in [7, 11) is 0. The van der Waals surface area contributed by atoms with E-state index in [1.807, 2.05) is 0 Å². The molecule has 0 amide bonds. The molecule has 136 valence electrons. The molecule has 0 aromatic heterocycles. The van der Waals surface area contributed by atoms with Crippen molar-refractivity contribution in [1.82, 2.24) is 0 Å². The van der Waals surface area contributed by atoms with E-state index in [0.29, 0.717) is 31.3 Å². The predicted octanol–water partition coefficient (Wildman–Crippen LogP) is 1.11. The maximum atomic E-state index is 12.3. The number of carbonyl (C=O) groups is 1.